The number of hydrogen-bond acceptors (Lipinski definition) is 4. The minimum Gasteiger partial charge on any atom is -0.375 e. The van der Waals surface area contributed by atoms with Crippen LogP contribution in [0.5, 0.6) is 0 Å². The van der Waals surface area contributed by atoms with Gasteiger partial charge in [-0.05, 0) is 6.07 Å². The fourth-order valence-corrected chi connectivity index (χ4v) is 7.28. The van der Waals surface area contributed by atoms with E-state index in [0.29, 0.717) is 0 Å². The van der Waals surface area contributed by atoms with Crippen molar-refractivity contribution < 1.29 is 0 Å². The molecule has 0 saturated carbocycles. The molecule has 0 N–H and O–H groups in total. The highest BCUT2D eigenvalue weighted by Crippen LogP contribution is 2.35. The highest BCUT2D eigenvalue weighted by Gasteiger charge is 2.22. The van der Waals surface area contributed by atoms with Crippen molar-refractivity contribution in [2.45, 2.75) is 96.8 Å². The predicted molar refractivity (Wildman–Crippen MR) is 210 cm³/mol. The quantitative estimate of drug-likeness (QED) is 0.0474. The second-order valence-electron chi connectivity index (χ2n) is 13.0. The van der Waals surface area contributed by atoms with Crippen LogP contribution in [0.1, 0.15) is 96.8 Å². The maximum absolute atomic E-state index is 5.30. The summed E-state index contributed by atoms with van der Waals surface area (Å²) in [4.78, 5) is 9.85. The van der Waals surface area contributed by atoms with Crippen molar-refractivity contribution in [3.8, 4) is 0 Å². The van der Waals surface area contributed by atoms with E-state index in [4.69, 9.17) is 4.98 Å². The monoisotopic (exact) mass is 734 g/mol. The SMILES string of the molecule is CCCCCCCCCCCCCC[CH-]CC=c1c(N(C)C)c(N(C)C)c2sc3cc(=[N+](C)C)ccc3nc2c1=[N+](C)C.I. The molecule has 2 aromatic carbocycles. The van der Waals surface area contributed by atoms with Crippen molar-refractivity contribution >= 4 is 73.2 Å². The Morgan fingerprint density at radius 1 is 0.773 bits per heavy atom. The van der Waals surface area contributed by atoms with Gasteiger partial charge in [-0.3, -0.25) is 0 Å². The van der Waals surface area contributed by atoms with Gasteiger partial charge in [0, 0.05) is 40.3 Å². The molecular formula is C37H61IN5S+. The second kappa shape index (κ2) is 19.7. The number of benzene rings is 2. The normalized spacial score (nSPS) is 11.7. The molecule has 0 amide bonds. The fourth-order valence-electron chi connectivity index (χ4n) is 6.04. The molecule has 3 rings (SSSR count). The third kappa shape index (κ3) is 10.7. The van der Waals surface area contributed by atoms with Crippen LogP contribution in [0, 0.1) is 6.42 Å². The van der Waals surface area contributed by atoms with Crippen molar-refractivity contribution in [1.29, 1.82) is 0 Å². The maximum atomic E-state index is 5.30. The highest BCUT2D eigenvalue weighted by atomic mass is 127. The van der Waals surface area contributed by atoms with Crippen LogP contribution < -0.4 is 34.9 Å². The zero-order valence-corrected chi connectivity index (χ0v) is 32.5. The van der Waals surface area contributed by atoms with E-state index in [1.807, 2.05) is 11.3 Å². The summed E-state index contributed by atoms with van der Waals surface area (Å²) in [6, 6.07) is 6.60. The van der Waals surface area contributed by atoms with Gasteiger partial charge < -0.3 is 16.2 Å². The van der Waals surface area contributed by atoms with Crippen LogP contribution >= 0.6 is 35.3 Å². The lowest BCUT2D eigenvalue weighted by Crippen LogP contribution is -2.41. The smallest absolute Gasteiger partial charge is 0.236 e. The third-order valence-electron chi connectivity index (χ3n) is 8.39. The zero-order chi connectivity index (χ0) is 31.4. The minimum atomic E-state index is 0. The van der Waals surface area contributed by atoms with Gasteiger partial charge >= 0.3 is 0 Å². The number of aromatic nitrogens is 1. The molecule has 0 spiro atoms. The molecule has 3 aromatic rings. The van der Waals surface area contributed by atoms with Gasteiger partial charge in [-0.25, -0.2) is 14.1 Å². The van der Waals surface area contributed by atoms with E-state index in [-0.39, 0.29) is 24.0 Å². The van der Waals surface area contributed by atoms with Crippen LogP contribution in [0.2, 0.25) is 0 Å². The summed E-state index contributed by atoms with van der Waals surface area (Å²) in [6.45, 7) is 2.30. The van der Waals surface area contributed by atoms with Crippen molar-refractivity contribution in [3.05, 3.63) is 40.6 Å². The fraction of sp³-hybridized carbons (Fsp3) is 0.622. The third-order valence-corrected chi connectivity index (χ3v) is 9.52. The number of unbranched alkanes of at least 4 members (excludes halogenated alkanes) is 14. The summed E-state index contributed by atoms with van der Waals surface area (Å²) in [5, 5.41) is 3.68. The second-order valence-corrected chi connectivity index (χ2v) is 14.0. The Labute approximate surface area is 289 Å². The molecule has 246 valence electrons. The first kappa shape index (κ1) is 38.4. The average Bonchev–Trinajstić information content (AvgIpc) is 2.96. The van der Waals surface area contributed by atoms with E-state index in [1.165, 1.54) is 120 Å². The molecule has 0 fully saturated rings. The molecule has 1 heterocycles. The average molecular weight is 735 g/mol. The Morgan fingerprint density at radius 3 is 1.86 bits per heavy atom. The molecule has 1 aromatic heterocycles. The van der Waals surface area contributed by atoms with Gasteiger partial charge in [0.1, 0.15) is 28.2 Å². The number of anilines is 2. The number of fused-ring (bicyclic) bond motifs is 2. The molecule has 0 radical (unpaired) electrons. The van der Waals surface area contributed by atoms with E-state index < -0.39 is 0 Å². The first-order chi connectivity index (χ1) is 20.7. The van der Waals surface area contributed by atoms with Gasteiger partial charge in [0.2, 0.25) is 10.7 Å². The molecule has 0 bridgehead atoms. The summed E-state index contributed by atoms with van der Waals surface area (Å²) in [5.41, 5.74) is 4.65. The molecule has 7 heteroatoms. The molecule has 0 atom stereocenters. The Bertz CT molecular complexity index is 1520. The molecule has 0 unspecified atom stereocenters. The standard InChI is InChI=1S/C37H60N5S.HI/c1-10-11-12-13-14-15-16-17-18-19-20-21-22-23-24-25-30-34(40(4)5)33-37(36(42(8)9)35(30)41(6)7)43-32-28-29(39(2)3)26-27-31(32)38-33;/h23,25-28H,10-22,24H2,1-9H3;1H/q+1;. The lowest BCUT2D eigenvalue weighted by Gasteiger charge is -2.25. The van der Waals surface area contributed by atoms with Gasteiger partial charge in [0.05, 0.1) is 31.5 Å². The number of halogens is 1. The molecule has 0 aliphatic carbocycles. The summed E-state index contributed by atoms with van der Waals surface area (Å²) in [6.07, 6.45) is 23.9. The Hall–Kier alpha value is -1.74. The summed E-state index contributed by atoms with van der Waals surface area (Å²) in [5.74, 6) is 0. The maximum Gasteiger partial charge on any atom is 0.236 e. The minimum absolute atomic E-state index is 0. The molecule has 44 heavy (non-hydrogen) atoms. The van der Waals surface area contributed by atoms with Gasteiger partial charge in [-0.2, -0.15) is 12.8 Å². The van der Waals surface area contributed by atoms with Crippen LogP contribution in [0.3, 0.4) is 0 Å². The zero-order valence-electron chi connectivity index (χ0n) is 29.3. The molecule has 0 aliphatic heterocycles. The van der Waals surface area contributed by atoms with E-state index in [0.717, 1.165) is 17.5 Å². The van der Waals surface area contributed by atoms with Crippen LogP contribution in [-0.2, 0) is 0 Å². The van der Waals surface area contributed by atoms with Crippen LogP contribution in [0.25, 0.3) is 26.5 Å². The lowest BCUT2D eigenvalue weighted by atomic mass is 10.0. The number of rotatable bonds is 17. The molecule has 0 aliphatic rings. The first-order valence-electron chi connectivity index (χ1n) is 16.8. The Balaban J connectivity index is 0.00000675. The topological polar surface area (TPSA) is 25.4 Å². The first-order valence-corrected chi connectivity index (χ1v) is 17.6. The van der Waals surface area contributed by atoms with Gasteiger partial charge in [0.15, 0.2) is 5.52 Å². The predicted octanol–water partition coefficient (Wildman–Crippen LogP) is 7.45. The molecular weight excluding hydrogens is 673 g/mol. The van der Waals surface area contributed by atoms with Crippen LogP contribution in [0.15, 0.2) is 18.2 Å². The van der Waals surface area contributed by atoms with E-state index in [2.05, 4.69) is 113 Å². The Morgan fingerprint density at radius 2 is 1.34 bits per heavy atom. The van der Waals surface area contributed by atoms with Gasteiger partial charge in [-0.15, -0.1) is 35.3 Å². The number of nitrogens with zero attached hydrogens (tertiary/aromatic N) is 5. The summed E-state index contributed by atoms with van der Waals surface area (Å²) < 4.78 is 6.86. The van der Waals surface area contributed by atoms with Crippen LogP contribution in [-0.4, -0.2) is 61.4 Å². The van der Waals surface area contributed by atoms with Crippen LogP contribution in [0.4, 0.5) is 11.4 Å². The van der Waals surface area contributed by atoms with Gasteiger partial charge in [0.25, 0.3) is 0 Å². The highest BCUT2D eigenvalue weighted by molar-refractivity contribution is 14.0. The summed E-state index contributed by atoms with van der Waals surface area (Å²) >= 11 is 1.85. The molecule has 5 nitrogen and oxygen atoms in total. The van der Waals surface area contributed by atoms with Crippen molar-refractivity contribution in [3.63, 3.8) is 0 Å². The largest absolute Gasteiger partial charge is 0.375 e. The van der Waals surface area contributed by atoms with E-state index in [9.17, 15) is 0 Å². The van der Waals surface area contributed by atoms with Crippen molar-refractivity contribution in [2.24, 2.45) is 0 Å². The summed E-state index contributed by atoms with van der Waals surface area (Å²) in [7, 11) is 17.2. The van der Waals surface area contributed by atoms with E-state index in [1.54, 1.807) is 0 Å². The Kier molecular flexibility index (Phi) is 17.2. The van der Waals surface area contributed by atoms with Gasteiger partial charge in [-0.1, -0.05) is 90.0 Å². The van der Waals surface area contributed by atoms with E-state index >= 15 is 0 Å². The number of hydrogen-bond donors (Lipinski definition) is 0. The molecule has 0 saturated heterocycles. The van der Waals surface area contributed by atoms with Crippen molar-refractivity contribution in [1.82, 2.24) is 14.1 Å². The lowest BCUT2D eigenvalue weighted by molar-refractivity contribution is 0.543. The van der Waals surface area contributed by atoms with Crippen molar-refractivity contribution in [2.75, 3.05) is 66.2 Å².